The van der Waals surface area contributed by atoms with Gasteiger partial charge in [0.15, 0.2) is 0 Å². The Morgan fingerprint density at radius 1 is 1.09 bits per heavy atom. The van der Waals surface area contributed by atoms with Crippen LogP contribution in [-0.4, -0.2) is 32.1 Å². The normalized spacial score (nSPS) is 10.2. The first kappa shape index (κ1) is 15.9. The number of nitrogens with zero attached hydrogens (tertiary/aromatic N) is 1. The van der Waals surface area contributed by atoms with Crippen molar-refractivity contribution in [3.8, 4) is 11.5 Å². The summed E-state index contributed by atoms with van der Waals surface area (Å²) in [5, 5.41) is 0. The highest BCUT2D eigenvalue weighted by Crippen LogP contribution is 2.25. The molecule has 2 rings (SSSR count). The van der Waals surface area contributed by atoms with Crippen molar-refractivity contribution >= 4 is 5.91 Å². The molecule has 2 aromatic carbocycles. The molecule has 0 aliphatic rings. The molecular formula is C18H21NO3. The first-order valence-electron chi connectivity index (χ1n) is 7.08. The summed E-state index contributed by atoms with van der Waals surface area (Å²) < 4.78 is 10.6. The summed E-state index contributed by atoms with van der Waals surface area (Å²) in [6.45, 7) is 2.45. The maximum atomic E-state index is 12.5. The third-order valence-electron chi connectivity index (χ3n) is 3.51. The first-order valence-corrected chi connectivity index (χ1v) is 7.08. The molecule has 0 aromatic heterocycles. The minimum absolute atomic E-state index is 0.0124. The van der Waals surface area contributed by atoms with Crippen LogP contribution in [-0.2, 0) is 6.54 Å². The molecule has 0 saturated carbocycles. The van der Waals surface area contributed by atoms with E-state index in [0.717, 1.165) is 16.9 Å². The Hall–Kier alpha value is -2.49. The van der Waals surface area contributed by atoms with Crippen LogP contribution in [0.25, 0.3) is 0 Å². The van der Waals surface area contributed by atoms with E-state index in [4.69, 9.17) is 9.47 Å². The molecule has 1 amide bonds. The molecule has 0 N–H and O–H groups in total. The first-order chi connectivity index (χ1) is 10.5. The van der Waals surface area contributed by atoms with Gasteiger partial charge in [-0.15, -0.1) is 0 Å². The largest absolute Gasteiger partial charge is 0.497 e. The average molecular weight is 299 g/mol. The second-order valence-corrected chi connectivity index (χ2v) is 5.21. The van der Waals surface area contributed by atoms with Gasteiger partial charge in [0.05, 0.1) is 14.2 Å². The van der Waals surface area contributed by atoms with Gasteiger partial charge in [0, 0.05) is 30.8 Å². The maximum absolute atomic E-state index is 12.5. The van der Waals surface area contributed by atoms with Crippen molar-refractivity contribution in [1.82, 2.24) is 4.90 Å². The topological polar surface area (TPSA) is 38.8 Å². The van der Waals surface area contributed by atoms with E-state index >= 15 is 0 Å². The lowest BCUT2D eigenvalue weighted by atomic mass is 10.1. The average Bonchev–Trinajstić information content (AvgIpc) is 2.54. The fourth-order valence-corrected chi connectivity index (χ4v) is 2.31. The Balaban J connectivity index is 2.18. The van der Waals surface area contributed by atoms with Gasteiger partial charge in [-0.1, -0.05) is 17.7 Å². The van der Waals surface area contributed by atoms with Crippen LogP contribution in [0, 0.1) is 6.92 Å². The molecule has 0 atom stereocenters. The van der Waals surface area contributed by atoms with Crippen molar-refractivity contribution in [3.05, 3.63) is 59.2 Å². The van der Waals surface area contributed by atoms with Crippen LogP contribution >= 0.6 is 0 Å². The van der Waals surface area contributed by atoms with Gasteiger partial charge in [0.25, 0.3) is 5.91 Å². The Morgan fingerprint density at radius 2 is 1.86 bits per heavy atom. The number of benzene rings is 2. The molecule has 0 bridgehead atoms. The summed E-state index contributed by atoms with van der Waals surface area (Å²) >= 11 is 0. The molecule has 0 aliphatic carbocycles. The zero-order valence-electron chi connectivity index (χ0n) is 13.4. The summed E-state index contributed by atoms with van der Waals surface area (Å²) in [6, 6.07) is 13.2. The lowest BCUT2D eigenvalue weighted by molar-refractivity contribution is 0.0784. The van der Waals surface area contributed by atoms with Crippen LogP contribution in [0.3, 0.4) is 0 Å². The van der Waals surface area contributed by atoms with Gasteiger partial charge in [-0.25, -0.2) is 0 Å². The van der Waals surface area contributed by atoms with Gasteiger partial charge in [0.2, 0.25) is 0 Å². The van der Waals surface area contributed by atoms with E-state index in [0.29, 0.717) is 17.9 Å². The van der Waals surface area contributed by atoms with Crippen molar-refractivity contribution < 1.29 is 14.3 Å². The number of rotatable bonds is 5. The fourth-order valence-electron chi connectivity index (χ4n) is 2.31. The van der Waals surface area contributed by atoms with Crippen molar-refractivity contribution in [3.63, 3.8) is 0 Å². The number of carbonyl (C=O) groups excluding carboxylic acids is 1. The van der Waals surface area contributed by atoms with Crippen molar-refractivity contribution in [1.29, 1.82) is 0 Å². The van der Waals surface area contributed by atoms with Crippen LogP contribution in [0.1, 0.15) is 21.5 Å². The molecule has 0 heterocycles. The van der Waals surface area contributed by atoms with Crippen LogP contribution < -0.4 is 9.47 Å². The van der Waals surface area contributed by atoms with Gasteiger partial charge in [-0.05, 0) is 31.2 Å². The summed E-state index contributed by atoms with van der Waals surface area (Å²) in [7, 11) is 5.01. The van der Waals surface area contributed by atoms with E-state index < -0.39 is 0 Å². The molecular weight excluding hydrogens is 278 g/mol. The molecule has 0 saturated heterocycles. The van der Waals surface area contributed by atoms with Crippen LogP contribution in [0.5, 0.6) is 11.5 Å². The number of hydrogen-bond donors (Lipinski definition) is 0. The van der Waals surface area contributed by atoms with E-state index in [2.05, 4.69) is 0 Å². The zero-order valence-corrected chi connectivity index (χ0v) is 13.4. The zero-order chi connectivity index (χ0) is 16.1. The van der Waals surface area contributed by atoms with Gasteiger partial charge in [-0.2, -0.15) is 0 Å². The minimum Gasteiger partial charge on any atom is -0.497 e. The summed E-state index contributed by atoms with van der Waals surface area (Å²) in [4.78, 5) is 14.2. The van der Waals surface area contributed by atoms with Gasteiger partial charge in [-0.3, -0.25) is 4.79 Å². The summed E-state index contributed by atoms with van der Waals surface area (Å²) in [6.07, 6.45) is 0. The highest BCUT2D eigenvalue weighted by molar-refractivity contribution is 5.94. The number of carbonyl (C=O) groups is 1. The standard InChI is InChI=1S/C18H21NO3/c1-13-6-5-7-14(10-13)18(20)19(2)12-15-8-9-16(21-3)11-17(15)22-4/h5-11H,12H2,1-4H3. The smallest absolute Gasteiger partial charge is 0.253 e. The van der Waals surface area contributed by atoms with Gasteiger partial charge < -0.3 is 14.4 Å². The van der Waals surface area contributed by atoms with E-state index in [1.807, 2.05) is 49.4 Å². The number of hydrogen-bond acceptors (Lipinski definition) is 3. The molecule has 0 radical (unpaired) electrons. The third kappa shape index (κ3) is 3.58. The number of aryl methyl sites for hydroxylation is 1. The Labute approximate surface area is 131 Å². The lowest BCUT2D eigenvalue weighted by Gasteiger charge is -2.19. The van der Waals surface area contributed by atoms with Crippen molar-refractivity contribution in [2.45, 2.75) is 13.5 Å². The molecule has 2 aromatic rings. The van der Waals surface area contributed by atoms with Gasteiger partial charge >= 0.3 is 0 Å². The third-order valence-corrected chi connectivity index (χ3v) is 3.51. The second kappa shape index (κ2) is 6.98. The molecule has 0 aliphatic heterocycles. The monoisotopic (exact) mass is 299 g/mol. The van der Waals surface area contributed by atoms with Crippen molar-refractivity contribution in [2.24, 2.45) is 0 Å². The SMILES string of the molecule is COc1ccc(CN(C)C(=O)c2cccc(C)c2)c(OC)c1. The maximum Gasteiger partial charge on any atom is 0.253 e. The van der Waals surface area contributed by atoms with E-state index in [9.17, 15) is 4.79 Å². The Kier molecular flexibility index (Phi) is 5.04. The predicted octanol–water partition coefficient (Wildman–Crippen LogP) is 3.28. The minimum atomic E-state index is -0.0124. The summed E-state index contributed by atoms with van der Waals surface area (Å²) in [5.74, 6) is 1.43. The molecule has 22 heavy (non-hydrogen) atoms. The predicted molar refractivity (Wildman–Crippen MR) is 86.5 cm³/mol. The molecule has 0 fully saturated rings. The molecule has 4 nitrogen and oxygen atoms in total. The van der Waals surface area contributed by atoms with Crippen molar-refractivity contribution in [2.75, 3.05) is 21.3 Å². The van der Waals surface area contributed by atoms with E-state index in [-0.39, 0.29) is 5.91 Å². The quantitative estimate of drug-likeness (QED) is 0.850. The fraction of sp³-hybridized carbons (Fsp3) is 0.278. The second-order valence-electron chi connectivity index (χ2n) is 5.21. The number of ether oxygens (including phenoxy) is 2. The lowest BCUT2D eigenvalue weighted by Crippen LogP contribution is -2.26. The van der Waals surface area contributed by atoms with Gasteiger partial charge in [0.1, 0.15) is 11.5 Å². The van der Waals surface area contributed by atoms with E-state index in [1.54, 1.807) is 26.2 Å². The Morgan fingerprint density at radius 3 is 2.50 bits per heavy atom. The number of methoxy groups -OCH3 is 2. The highest BCUT2D eigenvalue weighted by Gasteiger charge is 2.14. The van der Waals surface area contributed by atoms with Crippen LogP contribution in [0.2, 0.25) is 0 Å². The van der Waals surface area contributed by atoms with Crippen LogP contribution in [0.4, 0.5) is 0 Å². The molecule has 0 unspecified atom stereocenters. The summed E-state index contributed by atoms with van der Waals surface area (Å²) in [5.41, 5.74) is 2.70. The highest BCUT2D eigenvalue weighted by atomic mass is 16.5. The van der Waals surface area contributed by atoms with Crippen LogP contribution in [0.15, 0.2) is 42.5 Å². The van der Waals surface area contributed by atoms with E-state index in [1.165, 1.54) is 0 Å². The Bertz CT molecular complexity index is 667. The molecule has 0 spiro atoms. The molecule has 116 valence electrons. The molecule has 4 heteroatoms. The number of amides is 1.